The number of carbonyl (C=O) groups is 1. The number of amides is 1. The van der Waals surface area contributed by atoms with E-state index in [1.54, 1.807) is 6.92 Å². The average Bonchev–Trinajstić information content (AvgIpc) is 1.27. The molecule has 1 atom stereocenters. The molecule has 0 aliphatic carbocycles. The van der Waals surface area contributed by atoms with Crippen LogP contribution in [0.5, 0.6) is 0 Å². The summed E-state index contributed by atoms with van der Waals surface area (Å²) in [6.07, 6.45) is -0.350. The van der Waals surface area contributed by atoms with E-state index in [9.17, 15) is 4.79 Å². The fourth-order valence-corrected chi connectivity index (χ4v) is 0.287. The van der Waals surface area contributed by atoms with E-state index >= 15 is 0 Å². The molecule has 1 unspecified atom stereocenters. The molecule has 1 radical (unpaired) electrons. The largest absolute Gasteiger partial charge is 0.310 e. The van der Waals surface area contributed by atoms with Crippen LogP contribution in [0.2, 0.25) is 0 Å². The van der Waals surface area contributed by atoms with Crippen molar-refractivity contribution in [3.63, 3.8) is 0 Å². The number of rotatable bonds is 1. The second-order valence-electron chi connectivity index (χ2n) is 1.39. The minimum atomic E-state index is -0.350. The SMILES string of the molecule is CC(=O)[N]C(C)N. The van der Waals surface area contributed by atoms with Crippen molar-refractivity contribution in [1.29, 1.82) is 0 Å². The van der Waals surface area contributed by atoms with Gasteiger partial charge in [0.2, 0.25) is 5.91 Å². The molecule has 0 aromatic rings. The Morgan fingerprint density at radius 3 is 2.29 bits per heavy atom. The topological polar surface area (TPSA) is 57.2 Å². The Labute approximate surface area is 42.9 Å². The number of hydrogen-bond donors (Lipinski definition) is 1. The van der Waals surface area contributed by atoms with Gasteiger partial charge in [0.15, 0.2) is 0 Å². The maximum atomic E-state index is 10.0. The minimum absolute atomic E-state index is 0.213. The molecule has 0 aliphatic rings. The van der Waals surface area contributed by atoms with Gasteiger partial charge in [0.1, 0.15) is 0 Å². The standard InChI is InChI=1S/C4H9N2O/c1-3(5)6-4(2)7/h3H,5H2,1-2H3. The molecule has 2 N–H and O–H groups in total. The van der Waals surface area contributed by atoms with Crippen molar-refractivity contribution in [2.24, 2.45) is 5.73 Å². The fraction of sp³-hybridized carbons (Fsp3) is 0.750. The Bertz CT molecular complexity index is 70.1. The Morgan fingerprint density at radius 1 is 1.86 bits per heavy atom. The molecule has 0 bridgehead atoms. The second kappa shape index (κ2) is 2.58. The van der Waals surface area contributed by atoms with Gasteiger partial charge in [0.05, 0.1) is 6.17 Å². The van der Waals surface area contributed by atoms with Gasteiger partial charge in [-0.3, -0.25) is 4.79 Å². The summed E-state index contributed by atoms with van der Waals surface area (Å²) in [5.74, 6) is -0.213. The third-order valence-electron chi connectivity index (χ3n) is 0.385. The van der Waals surface area contributed by atoms with E-state index in [0.29, 0.717) is 0 Å². The van der Waals surface area contributed by atoms with Crippen molar-refractivity contribution in [1.82, 2.24) is 5.32 Å². The van der Waals surface area contributed by atoms with Crippen LogP contribution < -0.4 is 11.1 Å². The van der Waals surface area contributed by atoms with Gasteiger partial charge in [-0.05, 0) is 6.92 Å². The van der Waals surface area contributed by atoms with Crippen LogP contribution in [0.1, 0.15) is 13.8 Å². The number of nitrogens with two attached hydrogens (primary N) is 1. The molecule has 41 valence electrons. The predicted molar refractivity (Wildman–Crippen MR) is 26.5 cm³/mol. The van der Waals surface area contributed by atoms with Crippen LogP contribution in [-0.4, -0.2) is 12.1 Å². The van der Waals surface area contributed by atoms with Crippen LogP contribution >= 0.6 is 0 Å². The molecule has 0 spiro atoms. The Balaban J connectivity index is 3.13. The van der Waals surface area contributed by atoms with Crippen LogP contribution in [0.25, 0.3) is 0 Å². The number of hydrogen-bond acceptors (Lipinski definition) is 2. The molecule has 0 heterocycles. The molecule has 0 rings (SSSR count). The van der Waals surface area contributed by atoms with Crippen molar-refractivity contribution in [2.45, 2.75) is 20.0 Å². The fourth-order valence-electron chi connectivity index (χ4n) is 0.287. The lowest BCUT2D eigenvalue weighted by Gasteiger charge is -1.98. The third kappa shape index (κ3) is 5.43. The molecule has 3 heteroatoms. The molecule has 3 nitrogen and oxygen atoms in total. The molecular formula is C4H9N2O. The molecular weight excluding hydrogens is 92.1 g/mol. The van der Waals surface area contributed by atoms with E-state index in [4.69, 9.17) is 5.73 Å². The van der Waals surface area contributed by atoms with Gasteiger partial charge in [-0.1, -0.05) is 0 Å². The number of nitrogens with zero attached hydrogens (tertiary/aromatic N) is 1. The Hall–Kier alpha value is -0.570. The summed E-state index contributed by atoms with van der Waals surface area (Å²) in [4.78, 5) is 10.0. The summed E-state index contributed by atoms with van der Waals surface area (Å²) in [6.45, 7) is 3.03. The smallest absolute Gasteiger partial charge is 0.239 e. The zero-order chi connectivity index (χ0) is 5.86. The van der Waals surface area contributed by atoms with Crippen molar-refractivity contribution < 1.29 is 4.79 Å². The molecule has 0 aliphatic heterocycles. The summed E-state index contributed by atoms with van der Waals surface area (Å²) >= 11 is 0. The highest BCUT2D eigenvalue weighted by atomic mass is 16.1. The zero-order valence-electron chi connectivity index (χ0n) is 4.51. The maximum Gasteiger partial charge on any atom is 0.239 e. The first-order valence-corrected chi connectivity index (χ1v) is 2.10. The maximum absolute atomic E-state index is 10.0. The van der Waals surface area contributed by atoms with E-state index in [2.05, 4.69) is 5.32 Å². The van der Waals surface area contributed by atoms with E-state index in [0.717, 1.165) is 0 Å². The highest BCUT2D eigenvalue weighted by molar-refractivity contribution is 5.72. The molecule has 0 aromatic heterocycles. The van der Waals surface area contributed by atoms with Gasteiger partial charge < -0.3 is 5.73 Å². The summed E-state index contributed by atoms with van der Waals surface area (Å²) in [6, 6.07) is 0. The van der Waals surface area contributed by atoms with Crippen LogP contribution in [0.4, 0.5) is 0 Å². The Morgan fingerprint density at radius 2 is 2.29 bits per heavy atom. The molecule has 7 heavy (non-hydrogen) atoms. The van der Waals surface area contributed by atoms with Crippen molar-refractivity contribution >= 4 is 5.91 Å². The van der Waals surface area contributed by atoms with Crippen LogP contribution in [0.15, 0.2) is 0 Å². The lowest BCUT2D eigenvalue weighted by atomic mass is 10.5. The van der Waals surface area contributed by atoms with Gasteiger partial charge in [0, 0.05) is 6.92 Å². The van der Waals surface area contributed by atoms with E-state index in [-0.39, 0.29) is 12.1 Å². The first kappa shape index (κ1) is 6.43. The average molecular weight is 101 g/mol. The van der Waals surface area contributed by atoms with E-state index < -0.39 is 0 Å². The first-order chi connectivity index (χ1) is 3.13. The molecule has 0 saturated heterocycles. The summed E-state index contributed by atoms with van der Waals surface area (Å²) in [5.41, 5.74) is 5.11. The highest BCUT2D eigenvalue weighted by Crippen LogP contribution is 1.68. The summed E-state index contributed by atoms with van der Waals surface area (Å²) < 4.78 is 0. The molecule has 0 aromatic carbocycles. The van der Waals surface area contributed by atoms with E-state index in [1.165, 1.54) is 6.92 Å². The van der Waals surface area contributed by atoms with Gasteiger partial charge in [-0.15, -0.1) is 0 Å². The van der Waals surface area contributed by atoms with Gasteiger partial charge in [-0.25, -0.2) is 5.32 Å². The predicted octanol–water partition coefficient (Wildman–Crippen LogP) is -0.558. The lowest BCUT2D eigenvalue weighted by Crippen LogP contribution is -2.30. The van der Waals surface area contributed by atoms with Gasteiger partial charge >= 0.3 is 0 Å². The molecule has 1 amide bonds. The van der Waals surface area contributed by atoms with Gasteiger partial charge in [0.25, 0.3) is 0 Å². The monoisotopic (exact) mass is 101 g/mol. The Kier molecular flexibility index (Phi) is 2.37. The van der Waals surface area contributed by atoms with Crippen LogP contribution in [-0.2, 0) is 4.79 Å². The van der Waals surface area contributed by atoms with Crippen molar-refractivity contribution in [3.05, 3.63) is 0 Å². The normalized spacial score (nSPS) is 13.0. The summed E-state index contributed by atoms with van der Waals surface area (Å²) in [5, 5.41) is 3.42. The number of carbonyl (C=O) groups excluding carboxylic acids is 1. The van der Waals surface area contributed by atoms with Crippen LogP contribution in [0.3, 0.4) is 0 Å². The lowest BCUT2D eigenvalue weighted by molar-refractivity contribution is -0.119. The van der Waals surface area contributed by atoms with E-state index in [1.807, 2.05) is 0 Å². The molecule has 0 saturated carbocycles. The minimum Gasteiger partial charge on any atom is -0.310 e. The summed E-state index contributed by atoms with van der Waals surface area (Å²) in [7, 11) is 0. The van der Waals surface area contributed by atoms with Crippen molar-refractivity contribution in [2.75, 3.05) is 0 Å². The zero-order valence-corrected chi connectivity index (χ0v) is 4.51. The second-order valence-corrected chi connectivity index (χ2v) is 1.39. The third-order valence-corrected chi connectivity index (χ3v) is 0.385. The van der Waals surface area contributed by atoms with Crippen molar-refractivity contribution in [3.8, 4) is 0 Å². The quantitative estimate of drug-likeness (QED) is 0.481. The molecule has 0 fully saturated rings. The van der Waals surface area contributed by atoms with Crippen LogP contribution in [0, 0.1) is 0 Å². The first-order valence-electron chi connectivity index (χ1n) is 2.10. The van der Waals surface area contributed by atoms with Gasteiger partial charge in [-0.2, -0.15) is 0 Å². The highest BCUT2D eigenvalue weighted by Gasteiger charge is 1.94.